The molecule has 0 aromatic heterocycles. The van der Waals surface area contributed by atoms with Gasteiger partial charge in [-0.1, -0.05) is 38.1 Å². The molecule has 0 aliphatic heterocycles. The van der Waals surface area contributed by atoms with Crippen LogP contribution < -0.4 is 4.74 Å². The Morgan fingerprint density at radius 3 is 2.53 bits per heavy atom. The summed E-state index contributed by atoms with van der Waals surface area (Å²) < 4.78 is 5.81. The lowest BCUT2D eigenvalue weighted by Crippen LogP contribution is -2.12. The Balaban J connectivity index is 1.93. The third kappa shape index (κ3) is 2.24. The molecule has 2 nitrogen and oxygen atoms in total. The maximum absolute atomic E-state index is 10.2. The zero-order valence-electron chi connectivity index (χ0n) is 11.3. The molecule has 0 unspecified atom stereocenters. The number of rotatable bonds is 2. The summed E-state index contributed by atoms with van der Waals surface area (Å²) in [5.74, 6) is 1.59. The van der Waals surface area contributed by atoms with Crippen LogP contribution in [0.2, 0.25) is 0 Å². The van der Waals surface area contributed by atoms with Crippen molar-refractivity contribution < 1.29 is 9.84 Å². The van der Waals surface area contributed by atoms with Crippen LogP contribution in [0, 0.1) is 0 Å². The van der Waals surface area contributed by atoms with Crippen LogP contribution in [0.1, 0.15) is 37.5 Å². The second-order valence-electron chi connectivity index (χ2n) is 5.77. The molecule has 3 rings (SSSR count). The van der Waals surface area contributed by atoms with E-state index in [0.29, 0.717) is 0 Å². The number of fused-ring (bicyclic) bond motifs is 1. The predicted molar refractivity (Wildman–Crippen MR) is 75.6 cm³/mol. The van der Waals surface area contributed by atoms with Crippen molar-refractivity contribution in [1.82, 2.24) is 0 Å². The molecule has 0 heterocycles. The first-order valence-electron chi connectivity index (χ1n) is 6.62. The second-order valence-corrected chi connectivity index (χ2v) is 5.77. The molecule has 1 atom stereocenters. The van der Waals surface area contributed by atoms with E-state index in [-0.39, 0.29) is 11.5 Å². The average Bonchev–Trinajstić information content (AvgIpc) is 2.61. The molecule has 0 saturated carbocycles. The third-order valence-electron chi connectivity index (χ3n) is 3.79. The number of hydrogen-bond acceptors (Lipinski definition) is 2. The Labute approximate surface area is 113 Å². The number of aliphatic hydroxyl groups is 1. The molecule has 0 spiro atoms. The van der Waals surface area contributed by atoms with Crippen molar-refractivity contribution in [3.05, 3.63) is 59.7 Å². The quantitative estimate of drug-likeness (QED) is 0.870. The third-order valence-corrected chi connectivity index (χ3v) is 3.79. The largest absolute Gasteiger partial charge is 0.457 e. The van der Waals surface area contributed by atoms with Gasteiger partial charge in [0.2, 0.25) is 0 Å². The SMILES string of the molecule is CC1(C)C[C@H](O)c2cc(Oc3ccccc3)ccc21. The summed E-state index contributed by atoms with van der Waals surface area (Å²) in [6.45, 7) is 4.33. The van der Waals surface area contributed by atoms with Crippen LogP contribution in [0.3, 0.4) is 0 Å². The van der Waals surface area contributed by atoms with Crippen LogP contribution in [0.5, 0.6) is 11.5 Å². The minimum Gasteiger partial charge on any atom is -0.457 e. The van der Waals surface area contributed by atoms with Crippen LogP contribution in [-0.4, -0.2) is 5.11 Å². The average molecular weight is 254 g/mol. The van der Waals surface area contributed by atoms with Gasteiger partial charge in [0, 0.05) is 0 Å². The summed E-state index contributed by atoms with van der Waals surface area (Å²) in [6.07, 6.45) is 0.390. The molecule has 0 fully saturated rings. The van der Waals surface area contributed by atoms with E-state index in [2.05, 4.69) is 19.9 Å². The topological polar surface area (TPSA) is 29.5 Å². The van der Waals surface area contributed by atoms with Gasteiger partial charge in [-0.05, 0) is 47.2 Å². The molecule has 2 aromatic carbocycles. The first-order chi connectivity index (χ1) is 9.06. The van der Waals surface area contributed by atoms with E-state index in [4.69, 9.17) is 4.74 Å². The van der Waals surface area contributed by atoms with Crippen LogP contribution in [-0.2, 0) is 5.41 Å². The standard InChI is InChI=1S/C17H18O2/c1-17(2)11-16(18)14-10-13(8-9-15(14)17)19-12-6-4-3-5-7-12/h3-10,16,18H,11H2,1-2H3/t16-/m0/s1. The van der Waals surface area contributed by atoms with Crippen molar-refractivity contribution in [2.45, 2.75) is 31.8 Å². The number of aliphatic hydroxyl groups excluding tert-OH is 1. The highest BCUT2D eigenvalue weighted by atomic mass is 16.5. The molecule has 1 aliphatic rings. The molecule has 0 amide bonds. The molecule has 1 aliphatic carbocycles. The molecule has 2 heteroatoms. The monoisotopic (exact) mass is 254 g/mol. The van der Waals surface area contributed by atoms with E-state index in [1.54, 1.807) is 0 Å². The normalized spacial score (nSPS) is 20.1. The van der Waals surface area contributed by atoms with Gasteiger partial charge in [-0.2, -0.15) is 0 Å². The molecular formula is C17H18O2. The molecule has 1 N–H and O–H groups in total. The Bertz CT molecular complexity index is 587. The van der Waals surface area contributed by atoms with Gasteiger partial charge in [0.25, 0.3) is 0 Å². The van der Waals surface area contributed by atoms with Crippen molar-refractivity contribution in [2.24, 2.45) is 0 Å². The van der Waals surface area contributed by atoms with E-state index in [1.165, 1.54) is 5.56 Å². The summed E-state index contributed by atoms with van der Waals surface area (Å²) in [5.41, 5.74) is 2.26. The Morgan fingerprint density at radius 2 is 1.79 bits per heavy atom. The van der Waals surface area contributed by atoms with Gasteiger partial charge < -0.3 is 9.84 Å². The summed E-state index contributed by atoms with van der Waals surface area (Å²) in [5, 5.41) is 10.2. The molecule has 98 valence electrons. The summed E-state index contributed by atoms with van der Waals surface area (Å²) in [4.78, 5) is 0. The smallest absolute Gasteiger partial charge is 0.127 e. The van der Waals surface area contributed by atoms with E-state index in [9.17, 15) is 5.11 Å². The fourth-order valence-corrected chi connectivity index (χ4v) is 2.82. The zero-order chi connectivity index (χ0) is 13.5. The van der Waals surface area contributed by atoms with Gasteiger partial charge in [-0.15, -0.1) is 0 Å². The minimum absolute atomic E-state index is 0.0417. The lowest BCUT2D eigenvalue weighted by Gasteiger charge is -2.18. The highest BCUT2D eigenvalue weighted by Crippen LogP contribution is 2.45. The highest BCUT2D eigenvalue weighted by molar-refractivity contribution is 5.46. The maximum Gasteiger partial charge on any atom is 0.127 e. The fraction of sp³-hybridized carbons (Fsp3) is 0.294. The number of hydrogen-bond donors (Lipinski definition) is 1. The first kappa shape index (κ1) is 12.2. The fourth-order valence-electron chi connectivity index (χ4n) is 2.82. The van der Waals surface area contributed by atoms with Gasteiger partial charge in [-0.3, -0.25) is 0 Å². The summed E-state index contributed by atoms with van der Waals surface area (Å²) in [6, 6.07) is 15.7. The van der Waals surface area contributed by atoms with Gasteiger partial charge in [0.05, 0.1) is 6.10 Å². The molecule has 0 radical (unpaired) electrons. The Kier molecular flexibility index (Phi) is 2.83. The van der Waals surface area contributed by atoms with Gasteiger partial charge in [0.15, 0.2) is 0 Å². The van der Waals surface area contributed by atoms with Crippen molar-refractivity contribution in [2.75, 3.05) is 0 Å². The highest BCUT2D eigenvalue weighted by Gasteiger charge is 2.35. The lowest BCUT2D eigenvalue weighted by molar-refractivity contribution is 0.161. The van der Waals surface area contributed by atoms with Crippen LogP contribution >= 0.6 is 0 Å². The van der Waals surface area contributed by atoms with Crippen molar-refractivity contribution in [3.8, 4) is 11.5 Å². The number of ether oxygens (including phenoxy) is 1. The van der Waals surface area contributed by atoms with E-state index in [0.717, 1.165) is 23.5 Å². The van der Waals surface area contributed by atoms with Gasteiger partial charge in [-0.25, -0.2) is 0 Å². The van der Waals surface area contributed by atoms with Crippen molar-refractivity contribution in [1.29, 1.82) is 0 Å². The van der Waals surface area contributed by atoms with E-state index >= 15 is 0 Å². The Morgan fingerprint density at radius 1 is 1.05 bits per heavy atom. The first-order valence-corrected chi connectivity index (χ1v) is 6.62. The van der Waals surface area contributed by atoms with Crippen LogP contribution in [0.15, 0.2) is 48.5 Å². The van der Waals surface area contributed by atoms with E-state index in [1.807, 2.05) is 42.5 Å². The lowest BCUT2D eigenvalue weighted by atomic mass is 9.86. The molecule has 0 bridgehead atoms. The minimum atomic E-state index is -0.385. The van der Waals surface area contributed by atoms with Gasteiger partial charge >= 0.3 is 0 Å². The van der Waals surface area contributed by atoms with Crippen molar-refractivity contribution >= 4 is 0 Å². The zero-order valence-corrected chi connectivity index (χ0v) is 11.3. The van der Waals surface area contributed by atoms with E-state index < -0.39 is 0 Å². The summed E-state index contributed by atoms with van der Waals surface area (Å²) >= 11 is 0. The molecule has 19 heavy (non-hydrogen) atoms. The molecule has 0 saturated heterocycles. The van der Waals surface area contributed by atoms with Crippen molar-refractivity contribution in [3.63, 3.8) is 0 Å². The number of para-hydroxylation sites is 1. The summed E-state index contributed by atoms with van der Waals surface area (Å²) in [7, 11) is 0. The maximum atomic E-state index is 10.2. The van der Waals surface area contributed by atoms with Crippen LogP contribution in [0.4, 0.5) is 0 Å². The van der Waals surface area contributed by atoms with Crippen LogP contribution in [0.25, 0.3) is 0 Å². The second kappa shape index (κ2) is 4.39. The predicted octanol–water partition coefficient (Wildman–Crippen LogP) is 4.19. The Hall–Kier alpha value is -1.80. The molecular weight excluding hydrogens is 236 g/mol. The number of benzene rings is 2. The van der Waals surface area contributed by atoms with Gasteiger partial charge in [0.1, 0.15) is 11.5 Å². The molecule has 2 aromatic rings.